The lowest BCUT2D eigenvalue weighted by Crippen LogP contribution is -2.46. The number of aryl methyl sites for hydroxylation is 2. The van der Waals surface area contributed by atoms with Crippen LogP contribution in [0.2, 0.25) is 0 Å². The Morgan fingerprint density at radius 2 is 1.97 bits per heavy atom. The van der Waals surface area contributed by atoms with E-state index >= 15 is 0 Å². The molecule has 1 aromatic carbocycles. The Morgan fingerprint density at radius 1 is 1.23 bits per heavy atom. The first-order chi connectivity index (χ1) is 14.1. The van der Waals surface area contributed by atoms with Crippen LogP contribution in [0.15, 0.2) is 24.3 Å². The number of benzene rings is 1. The third-order valence-corrected chi connectivity index (χ3v) is 6.14. The van der Waals surface area contributed by atoms with E-state index in [1.807, 2.05) is 29.6 Å². The third-order valence-electron chi connectivity index (χ3n) is 6.14. The molecule has 0 unspecified atom stereocenters. The van der Waals surface area contributed by atoms with Gasteiger partial charge in [0.15, 0.2) is 5.65 Å². The fourth-order valence-corrected chi connectivity index (χ4v) is 4.58. The predicted molar refractivity (Wildman–Crippen MR) is 123 cm³/mol. The first-order valence-corrected chi connectivity index (χ1v) is 10.8. The molecule has 1 fully saturated rings. The number of piperidine rings is 1. The molecule has 3 heterocycles. The van der Waals surface area contributed by atoms with E-state index in [2.05, 4.69) is 30.1 Å². The Bertz CT molecular complexity index is 1030. The van der Waals surface area contributed by atoms with E-state index in [1.165, 1.54) is 0 Å². The Kier molecular flexibility index (Phi) is 7.32. The van der Waals surface area contributed by atoms with Crippen molar-refractivity contribution in [3.05, 3.63) is 41.2 Å². The summed E-state index contributed by atoms with van der Waals surface area (Å²) in [6.45, 7) is 9.14. The number of nitrogens with zero attached hydrogens (tertiary/aromatic N) is 4. The second-order valence-corrected chi connectivity index (χ2v) is 8.08. The summed E-state index contributed by atoms with van der Waals surface area (Å²) >= 11 is 0. The van der Waals surface area contributed by atoms with Crippen LogP contribution in [0.4, 0.5) is 0 Å². The van der Waals surface area contributed by atoms with Crippen LogP contribution in [0.1, 0.15) is 49.6 Å². The molecule has 1 N–H and O–H groups in total. The Morgan fingerprint density at radius 3 is 2.70 bits per heavy atom. The number of hydrogen-bond donors (Lipinski definition) is 1. The van der Waals surface area contributed by atoms with Gasteiger partial charge in [0.25, 0.3) is 0 Å². The normalized spacial score (nSPS) is 14.8. The predicted octanol–water partition coefficient (Wildman–Crippen LogP) is 3.84. The van der Waals surface area contributed by atoms with Crippen molar-refractivity contribution in [2.45, 2.75) is 58.9 Å². The zero-order valence-corrected chi connectivity index (χ0v) is 19.0. The summed E-state index contributed by atoms with van der Waals surface area (Å²) < 4.78 is 1.94. The molecule has 0 bridgehead atoms. The molecule has 6 nitrogen and oxygen atoms in total. The number of nitrogens with one attached hydrogen (secondary N) is 1. The van der Waals surface area contributed by atoms with Crippen LogP contribution in [0.3, 0.4) is 0 Å². The number of aromatic nitrogens is 3. The van der Waals surface area contributed by atoms with Crippen molar-refractivity contribution < 1.29 is 4.79 Å². The number of fused-ring (bicyclic) bond motifs is 3. The molecule has 0 saturated carbocycles. The molecule has 4 rings (SSSR count). The van der Waals surface area contributed by atoms with Gasteiger partial charge >= 0.3 is 0 Å². The minimum Gasteiger partial charge on any atom is -0.340 e. The minimum atomic E-state index is 0. The monoisotopic (exact) mass is 429 g/mol. The Labute approximate surface area is 184 Å². The van der Waals surface area contributed by atoms with Crippen molar-refractivity contribution in [1.82, 2.24) is 24.8 Å². The second kappa shape index (κ2) is 9.75. The van der Waals surface area contributed by atoms with Gasteiger partial charge in [-0.2, -0.15) is 5.10 Å². The van der Waals surface area contributed by atoms with E-state index in [1.54, 1.807) is 0 Å². The van der Waals surface area contributed by atoms with E-state index in [9.17, 15) is 4.79 Å². The van der Waals surface area contributed by atoms with Crippen LogP contribution in [-0.2, 0) is 11.2 Å². The van der Waals surface area contributed by atoms with Crippen molar-refractivity contribution in [1.29, 1.82) is 0 Å². The fraction of sp³-hybridized carbons (Fsp3) is 0.522. The van der Waals surface area contributed by atoms with Gasteiger partial charge < -0.3 is 10.2 Å². The number of halogens is 1. The van der Waals surface area contributed by atoms with E-state index in [4.69, 9.17) is 10.1 Å². The van der Waals surface area contributed by atoms with E-state index in [0.717, 1.165) is 72.4 Å². The van der Waals surface area contributed by atoms with Gasteiger partial charge in [-0.05, 0) is 70.3 Å². The molecule has 3 aromatic rings. The van der Waals surface area contributed by atoms with Crippen molar-refractivity contribution in [2.24, 2.45) is 0 Å². The summed E-state index contributed by atoms with van der Waals surface area (Å²) in [5, 5.41) is 9.20. The molecule has 2 aromatic heterocycles. The molecule has 0 atom stereocenters. The zero-order chi connectivity index (χ0) is 20.4. The number of hydrogen-bond acceptors (Lipinski definition) is 4. The van der Waals surface area contributed by atoms with Gasteiger partial charge in [-0.1, -0.05) is 19.1 Å². The van der Waals surface area contributed by atoms with Gasteiger partial charge in [-0.25, -0.2) is 9.50 Å². The maximum absolute atomic E-state index is 13.1. The van der Waals surface area contributed by atoms with Crippen LogP contribution >= 0.6 is 12.4 Å². The summed E-state index contributed by atoms with van der Waals surface area (Å²) in [6, 6.07) is 8.48. The zero-order valence-electron chi connectivity index (χ0n) is 18.1. The second-order valence-electron chi connectivity index (χ2n) is 8.08. The molecular formula is C23H32ClN5O. The van der Waals surface area contributed by atoms with E-state index in [-0.39, 0.29) is 18.3 Å². The number of carbonyl (C=O) groups excluding carboxylic acids is 1. The molecule has 30 heavy (non-hydrogen) atoms. The van der Waals surface area contributed by atoms with Gasteiger partial charge in [-0.3, -0.25) is 4.79 Å². The van der Waals surface area contributed by atoms with Gasteiger partial charge in [0.2, 0.25) is 5.91 Å². The highest BCUT2D eigenvalue weighted by molar-refractivity contribution is 5.92. The van der Waals surface area contributed by atoms with Crippen molar-refractivity contribution >= 4 is 34.9 Å². The summed E-state index contributed by atoms with van der Waals surface area (Å²) in [5.41, 5.74) is 5.07. The van der Waals surface area contributed by atoms with Crippen LogP contribution in [-0.4, -0.2) is 51.1 Å². The van der Waals surface area contributed by atoms with E-state index < -0.39 is 0 Å². The van der Waals surface area contributed by atoms with Crippen molar-refractivity contribution in [3.63, 3.8) is 0 Å². The first-order valence-electron chi connectivity index (χ1n) is 10.8. The molecule has 1 aliphatic rings. The molecule has 1 saturated heterocycles. The average Bonchev–Trinajstić information content (AvgIpc) is 3.11. The summed E-state index contributed by atoms with van der Waals surface area (Å²) in [6.07, 6.45) is 4.34. The van der Waals surface area contributed by atoms with Gasteiger partial charge in [-0.15, -0.1) is 12.4 Å². The highest BCUT2D eigenvalue weighted by Gasteiger charge is 2.25. The smallest absolute Gasteiger partial charge is 0.223 e. The number of carbonyl (C=O) groups is 1. The molecule has 162 valence electrons. The lowest BCUT2D eigenvalue weighted by atomic mass is 10.0. The number of rotatable bonds is 6. The minimum absolute atomic E-state index is 0. The molecule has 1 amide bonds. The van der Waals surface area contributed by atoms with Gasteiger partial charge in [0.1, 0.15) is 0 Å². The Hall–Kier alpha value is -2.18. The van der Waals surface area contributed by atoms with Crippen LogP contribution in [0.5, 0.6) is 0 Å². The topological polar surface area (TPSA) is 62.5 Å². The maximum atomic E-state index is 13.1. The molecule has 0 radical (unpaired) electrons. The third kappa shape index (κ3) is 4.30. The molecule has 7 heteroatoms. The highest BCUT2D eigenvalue weighted by atomic mass is 35.5. The lowest BCUT2D eigenvalue weighted by Gasteiger charge is -2.34. The van der Waals surface area contributed by atoms with E-state index in [0.29, 0.717) is 18.9 Å². The first kappa shape index (κ1) is 22.5. The summed E-state index contributed by atoms with van der Waals surface area (Å²) in [4.78, 5) is 20.1. The SMILES string of the molecule is CCCN(C(=O)CCc1c(C)nc2c3ccccc3nn2c1C)C1CCNCC1.Cl. The standard InChI is InChI=1S/C23H31N5O.ClH/c1-4-15-27(18-11-13-24-14-12-18)22(29)10-9-19-16(2)25-23-20-7-5-6-8-21(20)26-28(23)17(19)3;/h5-8,18,24H,4,9-15H2,1-3H3;1H. The van der Waals surface area contributed by atoms with Crippen molar-refractivity contribution in [2.75, 3.05) is 19.6 Å². The molecule has 0 spiro atoms. The lowest BCUT2D eigenvalue weighted by molar-refractivity contribution is -0.134. The summed E-state index contributed by atoms with van der Waals surface area (Å²) in [5.74, 6) is 0.267. The number of amides is 1. The quantitative estimate of drug-likeness (QED) is 0.646. The van der Waals surface area contributed by atoms with Crippen molar-refractivity contribution in [3.8, 4) is 0 Å². The highest BCUT2D eigenvalue weighted by Crippen LogP contribution is 2.23. The maximum Gasteiger partial charge on any atom is 0.223 e. The van der Waals surface area contributed by atoms with Crippen LogP contribution in [0.25, 0.3) is 16.6 Å². The van der Waals surface area contributed by atoms with Gasteiger partial charge in [0.05, 0.1) is 5.52 Å². The fourth-order valence-electron chi connectivity index (χ4n) is 4.58. The molecule has 0 aliphatic carbocycles. The molecular weight excluding hydrogens is 398 g/mol. The van der Waals surface area contributed by atoms with Crippen LogP contribution < -0.4 is 5.32 Å². The summed E-state index contributed by atoms with van der Waals surface area (Å²) in [7, 11) is 0. The molecule has 1 aliphatic heterocycles. The van der Waals surface area contributed by atoms with Crippen LogP contribution in [0, 0.1) is 13.8 Å². The largest absolute Gasteiger partial charge is 0.340 e. The Balaban J connectivity index is 0.00000256. The average molecular weight is 430 g/mol. The van der Waals surface area contributed by atoms with Gasteiger partial charge in [0, 0.05) is 35.8 Å².